The maximum atomic E-state index is 12.1. The van der Waals surface area contributed by atoms with E-state index >= 15 is 0 Å². The predicted octanol–water partition coefficient (Wildman–Crippen LogP) is 1.22. The number of hydrogen-bond donors (Lipinski definition) is 4. The number of primary amides is 1. The molecule has 0 bridgehead atoms. The Kier molecular flexibility index (Phi) is 7.44. The number of benzene rings is 1. The second-order valence-corrected chi connectivity index (χ2v) is 6.82. The third kappa shape index (κ3) is 6.38. The molecule has 0 aromatic heterocycles. The van der Waals surface area contributed by atoms with Crippen molar-refractivity contribution in [3.8, 4) is 0 Å². The predicted molar refractivity (Wildman–Crippen MR) is 99.3 cm³/mol. The zero-order valence-corrected chi connectivity index (χ0v) is 15.2. The largest absolute Gasteiger partial charge is 0.368 e. The number of rotatable bonds is 10. The fourth-order valence-electron chi connectivity index (χ4n) is 3.13. The third-order valence-corrected chi connectivity index (χ3v) is 4.66. The molecular weight excluding hydrogens is 332 g/mol. The van der Waals surface area contributed by atoms with Gasteiger partial charge in [-0.3, -0.25) is 9.59 Å². The van der Waals surface area contributed by atoms with Crippen LogP contribution in [0.25, 0.3) is 0 Å². The Bertz CT molecular complexity index is 620. The molecule has 0 saturated carbocycles. The molecule has 1 fully saturated rings. The molecule has 2 rings (SSSR count). The van der Waals surface area contributed by atoms with Gasteiger partial charge in [-0.15, -0.1) is 0 Å². The van der Waals surface area contributed by atoms with E-state index in [-0.39, 0.29) is 24.0 Å². The van der Waals surface area contributed by atoms with Gasteiger partial charge in [-0.2, -0.15) is 0 Å². The average Bonchev–Trinajstić information content (AvgIpc) is 2.92. The van der Waals surface area contributed by atoms with Crippen molar-refractivity contribution in [2.75, 3.05) is 0 Å². The van der Waals surface area contributed by atoms with Crippen LogP contribution in [0.2, 0.25) is 0 Å². The molecule has 1 heterocycles. The Morgan fingerprint density at radius 1 is 1.15 bits per heavy atom. The summed E-state index contributed by atoms with van der Waals surface area (Å²) >= 11 is 0. The molecule has 4 amide bonds. The highest BCUT2D eigenvalue weighted by molar-refractivity contribution is 5.86. The summed E-state index contributed by atoms with van der Waals surface area (Å²) < 4.78 is 0. The number of carbonyl (C=O) groups excluding carboxylic acids is 3. The van der Waals surface area contributed by atoms with Gasteiger partial charge < -0.3 is 21.7 Å². The molecule has 1 aromatic carbocycles. The zero-order valence-electron chi connectivity index (χ0n) is 15.2. The molecule has 7 heteroatoms. The van der Waals surface area contributed by atoms with E-state index in [1.165, 1.54) is 0 Å². The van der Waals surface area contributed by atoms with Crippen LogP contribution < -0.4 is 21.7 Å². The van der Waals surface area contributed by atoms with Gasteiger partial charge in [0.25, 0.3) is 0 Å². The first-order valence-corrected chi connectivity index (χ1v) is 9.15. The Morgan fingerprint density at radius 2 is 1.88 bits per heavy atom. The summed E-state index contributed by atoms with van der Waals surface area (Å²) in [5.74, 6) is -0.686. The van der Waals surface area contributed by atoms with Crippen molar-refractivity contribution in [1.29, 1.82) is 0 Å². The second-order valence-electron chi connectivity index (χ2n) is 6.82. The molecule has 142 valence electrons. The number of carbonyl (C=O) groups is 3. The Labute approximate surface area is 154 Å². The minimum atomic E-state index is -0.689. The van der Waals surface area contributed by atoms with Gasteiger partial charge >= 0.3 is 6.03 Å². The summed E-state index contributed by atoms with van der Waals surface area (Å²) in [6.07, 6.45) is 4.22. The summed E-state index contributed by atoms with van der Waals surface area (Å²) in [6, 6.07) is 8.97. The van der Waals surface area contributed by atoms with Gasteiger partial charge in [-0.1, -0.05) is 43.2 Å². The molecule has 1 aliphatic rings. The maximum Gasteiger partial charge on any atom is 0.315 e. The van der Waals surface area contributed by atoms with E-state index in [9.17, 15) is 14.4 Å². The van der Waals surface area contributed by atoms with Crippen LogP contribution in [0, 0.1) is 0 Å². The number of unbranched alkanes of at least 4 members (excludes halogenated alkanes) is 2. The van der Waals surface area contributed by atoms with Crippen molar-refractivity contribution >= 4 is 17.8 Å². The van der Waals surface area contributed by atoms with Crippen molar-refractivity contribution in [2.45, 2.75) is 63.6 Å². The molecule has 3 atom stereocenters. The van der Waals surface area contributed by atoms with Crippen LogP contribution in [0.5, 0.6) is 0 Å². The summed E-state index contributed by atoms with van der Waals surface area (Å²) in [6.45, 7) is 1.98. The molecule has 1 aliphatic heterocycles. The van der Waals surface area contributed by atoms with E-state index in [1.54, 1.807) is 0 Å². The van der Waals surface area contributed by atoms with Gasteiger partial charge in [0.05, 0.1) is 6.04 Å². The topological polar surface area (TPSA) is 113 Å². The molecule has 5 N–H and O–H groups in total. The molecule has 26 heavy (non-hydrogen) atoms. The van der Waals surface area contributed by atoms with Crippen LogP contribution in [0.3, 0.4) is 0 Å². The van der Waals surface area contributed by atoms with Gasteiger partial charge in [-0.05, 0) is 25.3 Å². The highest BCUT2D eigenvalue weighted by atomic mass is 16.2. The average molecular weight is 360 g/mol. The maximum absolute atomic E-state index is 12.1. The number of nitrogens with one attached hydrogen (secondary N) is 3. The highest BCUT2D eigenvalue weighted by Gasteiger charge is 2.26. The Balaban J connectivity index is 1.65. The van der Waals surface area contributed by atoms with E-state index in [1.807, 2.05) is 37.3 Å². The lowest BCUT2D eigenvalue weighted by Gasteiger charge is -2.16. The lowest BCUT2D eigenvalue weighted by Crippen LogP contribution is -2.45. The standard InChI is InChI=1S/C19H28N4O3/c1-13-15(23-19(26)21-13)10-6-3-7-11-17(24)22-16(18(20)25)12-14-8-4-2-5-9-14/h2,4-5,8-9,13,15-16H,3,6-7,10-12H2,1H3,(H2,20,25)(H,22,24)(H2,21,23,26)/t13-,15-,16+/m0/s1. The minimum absolute atomic E-state index is 0.113. The van der Waals surface area contributed by atoms with Crippen LogP contribution in [0.4, 0.5) is 4.79 Å². The smallest absolute Gasteiger partial charge is 0.315 e. The Morgan fingerprint density at radius 3 is 2.50 bits per heavy atom. The summed E-state index contributed by atoms with van der Waals surface area (Å²) in [4.78, 5) is 34.9. The molecule has 1 aromatic rings. The van der Waals surface area contributed by atoms with E-state index in [0.717, 1.165) is 31.2 Å². The van der Waals surface area contributed by atoms with Crippen molar-refractivity contribution in [2.24, 2.45) is 5.73 Å². The van der Waals surface area contributed by atoms with E-state index in [4.69, 9.17) is 5.73 Å². The van der Waals surface area contributed by atoms with Gasteiger partial charge in [0.2, 0.25) is 11.8 Å². The summed E-state index contributed by atoms with van der Waals surface area (Å²) in [5.41, 5.74) is 6.37. The fourth-order valence-corrected chi connectivity index (χ4v) is 3.13. The number of hydrogen-bond acceptors (Lipinski definition) is 3. The first-order valence-electron chi connectivity index (χ1n) is 9.15. The van der Waals surface area contributed by atoms with Gasteiger partial charge in [0, 0.05) is 18.9 Å². The summed E-state index contributed by atoms with van der Waals surface area (Å²) in [5, 5.41) is 8.43. The second kappa shape index (κ2) is 9.79. The molecule has 1 saturated heterocycles. The lowest BCUT2D eigenvalue weighted by atomic mass is 10.0. The van der Waals surface area contributed by atoms with Crippen molar-refractivity contribution in [3.63, 3.8) is 0 Å². The first kappa shape index (κ1) is 19.8. The van der Waals surface area contributed by atoms with Crippen molar-refractivity contribution in [3.05, 3.63) is 35.9 Å². The van der Waals surface area contributed by atoms with Crippen molar-refractivity contribution in [1.82, 2.24) is 16.0 Å². The molecule has 0 spiro atoms. The van der Waals surface area contributed by atoms with Gasteiger partial charge in [0.1, 0.15) is 6.04 Å². The van der Waals surface area contributed by atoms with Crippen LogP contribution >= 0.6 is 0 Å². The molecular formula is C19H28N4O3. The Hall–Kier alpha value is -2.57. The molecule has 0 radical (unpaired) electrons. The highest BCUT2D eigenvalue weighted by Crippen LogP contribution is 2.12. The minimum Gasteiger partial charge on any atom is -0.368 e. The number of amides is 4. The van der Waals surface area contributed by atoms with Crippen LogP contribution in [0.15, 0.2) is 30.3 Å². The van der Waals surface area contributed by atoms with E-state index in [0.29, 0.717) is 12.8 Å². The normalized spacial score (nSPS) is 20.1. The van der Waals surface area contributed by atoms with Gasteiger partial charge in [-0.25, -0.2) is 4.79 Å². The first-order chi connectivity index (χ1) is 12.5. The quantitative estimate of drug-likeness (QED) is 0.470. The fraction of sp³-hybridized carbons (Fsp3) is 0.526. The molecule has 7 nitrogen and oxygen atoms in total. The third-order valence-electron chi connectivity index (χ3n) is 4.66. The summed E-state index contributed by atoms with van der Waals surface area (Å²) in [7, 11) is 0. The monoisotopic (exact) mass is 360 g/mol. The molecule has 0 unspecified atom stereocenters. The van der Waals surface area contributed by atoms with Crippen LogP contribution in [-0.2, 0) is 16.0 Å². The van der Waals surface area contributed by atoms with E-state index < -0.39 is 11.9 Å². The molecule has 0 aliphatic carbocycles. The zero-order chi connectivity index (χ0) is 18.9. The lowest BCUT2D eigenvalue weighted by molar-refractivity contribution is -0.127. The SMILES string of the molecule is C[C@@H]1NC(=O)N[C@H]1CCCCCC(=O)N[C@H](Cc1ccccc1)C(N)=O. The van der Waals surface area contributed by atoms with Crippen LogP contribution in [0.1, 0.15) is 44.6 Å². The van der Waals surface area contributed by atoms with E-state index in [2.05, 4.69) is 16.0 Å². The number of nitrogens with two attached hydrogens (primary N) is 1. The van der Waals surface area contributed by atoms with Gasteiger partial charge in [0.15, 0.2) is 0 Å². The van der Waals surface area contributed by atoms with Crippen LogP contribution in [-0.4, -0.2) is 36.0 Å². The number of urea groups is 1. The van der Waals surface area contributed by atoms with Crippen molar-refractivity contribution < 1.29 is 14.4 Å².